The third-order valence-electron chi connectivity index (χ3n) is 3.77. The van der Waals surface area contributed by atoms with Crippen LogP contribution in [0.1, 0.15) is 22.8 Å². The number of anilines is 1. The van der Waals surface area contributed by atoms with Crippen molar-refractivity contribution in [3.8, 4) is 0 Å². The van der Waals surface area contributed by atoms with Gasteiger partial charge in [-0.25, -0.2) is 26.3 Å². The number of nitrogens with one attached hydrogen (secondary N) is 3. The molecule has 8 nitrogen and oxygen atoms in total. The van der Waals surface area contributed by atoms with Crippen LogP contribution in [0.25, 0.3) is 0 Å². The van der Waals surface area contributed by atoms with E-state index in [0.717, 1.165) is 0 Å². The lowest BCUT2D eigenvalue weighted by atomic mass is 10.2. The fourth-order valence-electron chi connectivity index (χ4n) is 2.34. The summed E-state index contributed by atoms with van der Waals surface area (Å²) in [7, 11) is -5.94. The highest BCUT2D eigenvalue weighted by Gasteiger charge is 2.17. The summed E-state index contributed by atoms with van der Waals surface area (Å²) in [5.74, 6) is -0.487. The molecule has 0 bridgehead atoms. The van der Waals surface area contributed by atoms with E-state index in [9.17, 15) is 21.6 Å². The third kappa shape index (κ3) is 4.92. The van der Waals surface area contributed by atoms with E-state index in [4.69, 9.17) is 0 Å². The molecule has 0 unspecified atom stereocenters. The second-order valence-corrected chi connectivity index (χ2v) is 9.29. The highest BCUT2D eigenvalue weighted by molar-refractivity contribution is 7.89. The van der Waals surface area contributed by atoms with Gasteiger partial charge >= 0.3 is 0 Å². The van der Waals surface area contributed by atoms with Crippen LogP contribution in [0.5, 0.6) is 0 Å². The molecule has 146 valence electrons. The smallest absolute Gasteiger partial charge is 0.255 e. The van der Waals surface area contributed by atoms with Gasteiger partial charge in [0.1, 0.15) is 0 Å². The summed E-state index contributed by atoms with van der Waals surface area (Å²) in [6.45, 7) is 3.58. The van der Waals surface area contributed by atoms with Gasteiger partial charge in [0.25, 0.3) is 5.91 Å². The third-order valence-corrected chi connectivity index (χ3v) is 6.88. The van der Waals surface area contributed by atoms with Gasteiger partial charge in [0.2, 0.25) is 20.0 Å². The first-order valence-electron chi connectivity index (χ1n) is 8.06. The van der Waals surface area contributed by atoms with Crippen molar-refractivity contribution in [3.05, 3.63) is 53.6 Å². The largest absolute Gasteiger partial charge is 0.322 e. The second kappa shape index (κ2) is 8.17. The van der Waals surface area contributed by atoms with Crippen LogP contribution < -0.4 is 14.8 Å². The Balaban J connectivity index is 2.24. The van der Waals surface area contributed by atoms with Gasteiger partial charge in [-0.3, -0.25) is 4.79 Å². The maximum Gasteiger partial charge on any atom is 0.255 e. The minimum absolute atomic E-state index is 0.0543. The maximum absolute atomic E-state index is 12.4. The highest BCUT2D eigenvalue weighted by Crippen LogP contribution is 2.21. The first kappa shape index (κ1) is 21.0. The van der Waals surface area contributed by atoms with E-state index < -0.39 is 26.0 Å². The van der Waals surface area contributed by atoms with Crippen LogP contribution in [0.15, 0.2) is 52.3 Å². The predicted molar refractivity (Wildman–Crippen MR) is 103 cm³/mol. The van der Waals surface area contributed by atoms with E-state index in [1.807, 2.05) is 0 Å². The molecule has 0 spiro atoms. The minimum atomic E-state index is -3.65. The number of sulfonamides is 2. The summed E-state index contributed by atoms with van der Waals surface area (Å²) >= 11 is 0. The lowest BCUT2D eigenvalue weighted by Gasteiger charge is -2.11. The second-order valence-electron chi connectivity index (χ2n) is 5.67. The van der Waals surface area contributed by atoms with Gasteiger partial charge in [0.05, 0.1) is 9.79 Å². The first-order chi connectivity index (χ1) is 12.6. The SMILES string of the molecule is CCNS(=O)(=O)c1ccc(C(=O)Nc2ccc(C)c(S(=O)(=O)NC)c2)cc1. The van der Waals surface area contributed by atoms with E-state index in [1.54, 1.807) is 26.0 Å². The highest BCUT2D eigenvalue weighted by atomic mass is 32.2. The molecule has 0 saturated heterocycles. The molecule has 0 aromatic heterocycles. The molecule has 27 heavy (non-hydrogen) atoms. The van der Waals surface area contributed by atoms with Crippen molar-refractivity contribution in [2.45, 2.75) is 23.6 Å². The molecule has 10 heteroatoms. The Bertz CT molecular complexity index is 1050. The summed E-state index contributed by atoms with van der Waals surface area (Å²) in [6, 6.07) is 9.98. The lowest BCUT2D eigenvalue weighted by molar-refractivity contribution is 0.102. The van der Waals surface area contributed by atoms with Crippen molar-refractivity contribution in [1.82, 2.24) is 9.44 Å². The average molecular weight is 412 g/mol. The summed E-state index contributed by atoms with van der Waals surface area (Å²) < 4.78 is 52.5. The molecule has 0 aliphatic heterocycles. The molecule has 2 aromatic carbocycles. The lowest BCUT2D eigenvalue weighted by Crippen LogP contribution is -2.23. The molecular formula is C17H21N3O5S2. The number of hydrogen-bond donors (Lipinski definition) is 3. The van der Waals surface area contributed by atoms with E-state index in [0.29, 0.717) is 11.3 Å². The van der Waals surface area contributed by atoms with Crippen LogP contribution in [-0.4, -0.2) is 36.3 Å². The van der Waals surface area contributed by atoms with Crippen molar-refractivity contribution in [2.75, 3.05) is 18.9 Å². The fraction of sp³-hybridized carbons (Fsp3) is 0.235. The molecule has 0 heterocycles. The van der Waals surface area contributed by atoms with Crippen LogP contribution in [0.3, 0.4) is 0 Å². The van der Waals surface area contributed by atoms with Gasteiger partial charge in [-0.1, -0.05) is 13.0 Å². The molecule has 3 N–H and O–H groups in total. The van der Waals surface area contributed by atoms with Crippen LogP contribution >= 0.6 is 0 Å². The van der Waals surface area contributed by atoms with Gasteiger partial charge < -0.3 is 5.32 Å². The molecule has 2 rings (SSSR count). The number of amides is 1. The summed E-state index contributed by atoms with van der Waals surface area (Å²) in [5.41, 5.74) is 1.09. The van der Waals surface area contributed by atoms with Crippen molar-refractivity contribution in [2.24, 2.45) is 0 Å². The van der Waals surface area contributed by atoms with Crippen molar-refractivity contribution in [3.63, 3.8) is 0 Å². The van der Waals surface area contributed by atoms with Crippen LogP contribution in [0.4, 0.5) is 5.69 Å². The summed E-state index contributed by atoms with van der Waals surface area (Å²) in [4.78, 5) is 12.5. The molecule has 0 radical (unpaired) electrons. The predicted octanol–water partition coefficient (Wildman–Crippen LogP) is 1.45. The van der Waals surface area contributed by atoms with Crippen LogP contribution in [0.2, 0.25) is 0 Å². The Labute approximate surface area is 159 Å². The molecule has 1 amide bonds. The van der Waals surface area contributed by atoms with Gasteiger partial charge in [0, 0.05) is 17.8 Å². The fourth-order valence-corrected chi connectivity index (χ4v) is 4.37. The maximum atomic E-state index is 12.4. The Kier molecular flexibility index (Phi) is 6.37. The number of benzene rings is 2. The quantitative estimate of drug-likeness (QED) is 0.637. The summed E-state index contributed by atoms with van der Waals surface area (Å²) in [6.07, 6.45) is 0. The van der Waals surface area contributed by atoms with Crippen LogP contribution in [0, 0.1) is 6.92 Å². The van der Waals surface area contributed by atoms with E-state index in [1.165, 1.54) is 37.4 Å². The van der Waals surface area contributed by atoms with E-state index in [-0.39, 0.29) is 21.9 Å². The number of rotatable bonds is 7. The number of hydrogen-bond acceptors (Lipinski definition) is 5. The monoisotopic (exact) mass is 411 g/mol. The topological polar surface area (TPSA) is 121 Å². The summed E-state index contributed by atoms with van der Waals surface area (Å²) in [5, 5.41) is 2.61. The van der Waals surface area contributed by atoms with Gasteiger partial charge in [-0.15, -0.1) is 0 Å². The molecule has 0 saturated carbocycles. The zero-order chi connectivity index (χ0) is 20.2. The zero-order valence-corrected chi connectivity index (χ0v) is 16.7. The van der Waals surface area contributed by atoms with Crippen molar-refractivity contribution >= 4 is 31.6 Å². The first-order valence-corrected chi connectivity index (χ1v) is 11.0. The normalized spacial score (nSPS) is 12.0. The Morgan fingerprint density at radius 3 is 2.15 bits per heavy atom. The van der Waals surface area contributed by atoms with Gasteiger partial charge in [-0.2, -0.15) is 0 Å². The molecule has 0 aliphatic rings. The van der Waals surface area contributed by atoms with Gasteiger partial charge in [0.15, 0.2) is 0 Å². The average Bonchev–Trinajstić information content (AvgIpc) is 2.63. The molecule has 0 atom stereocenters. The Hall–Kier alpha value is -2.27. The van der Waals surface area contributed by atoms with Gasteiger partial charge in [-0.05, 0) is 55.9 Å². The van der Waals surface area contributed by atoms with Crippen molar-refractivity contribution in [1.29, 1.82) is 0 Å². The Morgan fingerprint density at radius 1 is 0.963 bits per heavy atom. The standard InChI is InChI=1S/C17H21N3O5S2/c1-4-19-26(22,23)15-9-6-13(7-10-15)17(21)20-14-8-5-12(2)16(11-14)27(24,25)18-3/h5-11,18-19H,4H2,1-3H3,(H,20,21). The van der Waals surface area contributed by atoms with E-state index in [2.05, 4.69) is 14.8 Å². The number of carbonyl (C=O) groups excluding carboxylic acids is 1. The molecule has 0 fully saturated rings. The zero-order valence-electron chi connectivity index (χ0n) is 15.1. The van der Waals surface area contributed by atoms with E-state index >= 15 is 0 Å². The van der Waals surface area contributed by atoms with Crippen LogP contribution in [-0.2, 0) is 20.0 Å². The molecule has 2 aromatic rings. The number of aryl methyl sites for hydroxylation is 1. The number of carbonyl (C=O) groups is 1. The molecule has 0 aliphatic carbocycles. The van der Waals surface area contributed by atoms with Crippen molar-refractivity contribution < 1.29 is 21.6 Å². The Morgan fingerprint density at radius 2 is 1.59 bits per heavy atom. The minimum Gasteiger partial charge on any atom is -0.322 e. The molecular weight excluding hydrogens is 390 g/mol.